The SMILES string of the molecule is CC[Si](CC)(CC)[C-]([Si](CC)(CC)CC)[Si](CC)(CC)CC.CC[Si](CC)(CC)[C-]([Si](CC)(CC)CC)[Si](CC)(CC)CC.[Sm]. The summed E-state index contributed by atoms with van der Waals surface area (Å²) in [5.74, 6) is 0. The summed E-state index contributed by atoms with van der Waals surface area (Å²) in [4.78, 5) is 4.75. The maximum Gasteiger partial charge on any atom is 0 e. The Kier molecular flexibility index (Phi) is 28.6. The second-order valence-corrected chi connectivity index (χ2v) is 48.9. The van der Waals surface area contributed by atoms with Gasteiger partial charge in [0.15, 0.2) is 0 Å². The van der Waals surface area contributed by atoms with Gasteiger partial charge in [-0.1, -0.05) is 282 Å². The van der Waals surface area contributed by atoms with Gasteiger partial charge in [-0.2, -0.15) is 0 Å². The molecule has 0 unspecified atom stereocenters. The van der Waals surface area contributed by atoms with Gasteiger partial charge < -0.3 is 9.58 Å². The Hall–Kier alpha value is 2.64. The van der Waals surface area contributed by atoms with Crippen LogP contribution in [0.3, 0.4) is 0 Å². The van der Waals surface area contributed by atoms with Crippen LogP contribution in [0.25, 0.3) is 0 Å². The molecule has 274 valence electrons. The molecule has 0 spiro atoms. The average Bonchev–Trinajstić information content (AvgIpc) is 3.10. The summed E-state index contributed by atoms with van der Waals surface area (Å²) >= 11 is 0. The Morgan fingerprint density at radius 1 is 0.200 bits per heavy atom. The fourth-order valence-corrected chi connectivity index (χ4v) is 72.5. The van der Waals surface area contributed by atoms with Crippen molar-refractivity contribution >= 4 is 48.4 Å². The van der Waals surface area contributed by atoms with E-state index in [1.54, 1.807) is 0 Å². The molecule has 0 aliphatic heterocycles. The zero-order valence-electron chi connectivity index (χ0n) is 35.1. The van der Waals surface area contributed by atoms with Crippen LogP contribution in [0, 0.1) is 50.0 Å². The normalized spacial score (nSPS) is 13.6. The number of rotatable bonds is 24. The van der Waals surface area contributed by atoms with Crippen molar-refractivity contribution in [2.75, 3.05) is 0 Å². The van der Waals surface area contributed by atoms with Gasteiger partial charge in [-0.3, -0.25) is 0 Å². The first-order chi connectivity index (χ1) is 20.8. The van der Waals surface area contributed by atoms with Gasteiger partial charge in [0.05, 0.1) is 0 Å². The molecule has 0 saturated carbocycles. The fourth-order valence-electron chi connectivity index (χ4n) is 11.1. The molecule has 45 heavy (non-hydrogen) atoms. The van der Waals surface area contributed by atoms with Crippen molar-refractivity contribution in [3.63, 3.8) is 0 Å². The van der Waals surface area contributed by atoms with Crippen LogP contribution in [0.4, 0.5) is 0 Å². The number of hydrogen-bond acceptors (Lipinski definition) is 0. The van der Waals surface area contributed by atoms with Crippen LogP contribution >= 0.6 is 0 Å². The van der Waals surface area contributed by atoms with Crippen molar-refractivity contribution in [2.24, 2.45) is 0 Å². The Labute approximate surface area is 328 Å². The van der Waals surface area contributed by atoms with E-state index < -0.39 is 48.4 Å². The van der Waals surface area contributed by atoms with E-state index in [0.29, 0.717) is 0 Å². The molecule has 7 heteroatoms. The zero-order valence-corrected chi connectivity index (χ0v) is 43.8. The van der Waals surface area contributed by atoms with E-state index in [9.17, 15) is 0 Å². The molecule has 0 nitrogen and oxygen atoms in total. The monoisotopic (exact) mass is 866 g/mol. The minimum atomic E-state index is -1.20. The predicted molar refractivity (Wildman–Crippen MR) is 230 cm³/mol. The quantitative estimate of drug-likeness (QED) is 0.0670. The Morgan fingerprint density at radius 2 is 0.267 bits per heavy atom. The van der Waals surface area contributed by atoms with Crippen molar-refractivity contribution in [1.29, 1.82) is 0 Å². The van der Waals surface area contributed by atoms with E-state index in [0.717, 1.165) is 0 Å². The standard InChI is InChI=1S/2C19H45Si3.Sm/c2*1-10-20(11-2,12-3)19(21(13-4,14-5)15-6)22(16-7,17-8)18-9;/h2*10-18H2,1-9H3;/q2*-1;. The summed E-state index contributed by atoms with van der Waals surface area (Å²) in [5, 5.41) is 0. The Bertz CT molecular complexity index is 500. The van der Waals surface area contributed by atoms with Crippen LogP contribution in [0.15, 0.2) is 0 Å². The molecule has 0 radical (unpaired) electrons. The largest absolute Gasteiger partial charge is 0.309 e. The molecule has 0 aromatic heterocycles. The molecule has 0 aliphatic rings. The predicted octanol–water partition coefficient (Wildman–Crippen LogP) is 15.4. The topological polar surface area (TPSA) is 0 Å². The summed E-state index contributed by atoms with van der Waals surface area (Å²) in [6, 6.07) is 27.2. The summed E-state index contributed by atoms with van der Waals surface area (Å²) < 4.78 is 0. The van der Waals surface area contributed by atoms with Gasteiger partial charge in [-0.05, 0) is 0 Å². The van der Waals surface area contributed by atoms with Gasteiger partial charge in [0.2, 0.25) is 0 Å². The van der Waals surface area contributed by atoms with Crippen LogP contribution in [0.1, 0.15) is 125 Å². The summed E-state index contributed by atoms with van der Waals surface area (Å²) in [6.07, 6.45) is 0. The maximum absolute atomic E-state index is 2.54. The van der Waals surface area contributed by atoms with Crippen molar-refractivity contribution in [3.05, 3.63) is 9.58 Å². The van der Waals surface area contributed by atoms with Gasteiger partial charge in [0.25, 0.3) is 0 Å². The molecule has 0 aromatic rings. The first-order valence-corrected chi connectivity index (χ1v) is 36.3. The number of hydrogen-bond donors (Lipinski definition) is 0. The molecular formula is C38H90Si6Sm-2. The van der Waals surface area contributed by atoms with E-state index in [2.05, 4.69) is 134 Å². The van der Waals surface area contributed by atoms with Gasteiger partial charge in [-0.25, -0.2) is 0 Å². The Balaban J connectivity index is -0.000000767. The second kappa shape index (κ2) is 24.8. The first kappa shape index (κ1) is 52.0. The fraction of sp³-hybridized carbons (Fsp3) is 0.947. The summed E-state index contributed by atoms with van der Waals surface area (Å²) in [5.41, 5.74) is 0. The molecular weight excluding hydrogens is 775 g/mol. The van der Waals surface area contributed by atoms with E-state index in [1.165, 1.54) is 109 Å². The van der Waals surface area contributed by atoms with E-state index in [4.69, 9.17) is 0 Å². The van der Waals surface area contributed by atoms with Gasteiger partial charge in [0, 0.05) is 40.4 Å². The molecule has 0 atom stereocenters. The van der Waals surface area contributed by atoms with E-state index in [1.807, 2.05) is 0 Å². The van der Waals surface area contributed by atoms with Crippen molar-refractivity contribution in [3.8, 4) is 0 Å². The minimum Gasteiger partial charge on any atom is -0.309 e. The smallest absolute Gasteiger partial charge is 0 e. The van der Waals surface area contributed by atoms with Crippen LogP contribution in [-0.2, 0) is 0 Å². The molecule has 0 aliphatic carbocycles. The van der Waals surface area contributed by atoms with Gasteiger partial charge in [0.1, 0.15) is 0 Å². The van der Waals surface area contributed by atoms with Crippen molar-refractivity contribution in [2.45, 2.75) is 233 Å². The molecule has 0 aromatic carbocycles. The third-order valence-corrected chi connectivity index (χ3v) is 65.2. The molecule has 0 fully saturated rings. The summed E-state index contributed by atoms with van der Waals surface area (Å²) in [7, 11) is -7.22. The molecule has 0 N–H and O–H groups in total. The average molecular weight is 866 g/mol. The molecule has 0 amide bonds. The van der Waals surface area contributed by atoms with Crippen molar-refractivity contribution in [1.82, 2.24) is 0 Å². The third-order valence-electron chi connectivity index (χ3n) is 15.4. The summed E-state index contributed by atoms with van der Waals surface area (Å²) in [6.45, 7) is 45.7. The van der Waals surface area contributed by atoms with Crippen LogP contribution in [0.2, 0.25) is 109 Å². The van der Waals surface area contributed by atoms with Gasteiger partial charge in [-0.15, -0.1) is 0 Å². The molecule has 0 saturated heterocycles. The van der Waals surface area contributed by atoms with Crippen LogP contribution in [0.5, 0.6) is 0 Å². The second-order valence-electron chi connectivity index (χ2n) is 14.8. The molecule has 0 heterocycles. The van der Waals surface area contributed by atoms with Crippen molar-refractivity contribution < 1.29 is 40.4 Å². The third kappa shape index (κ3) is 10.8. The van der Waals surface area contributed by atoms with Crippen LogP contribution in [-0.4, -0.2) is 48.4 Å². The zero-order chi connectivity index (χ0) is 34.9. The maximum atomic E-state index is 2.54. The first-order valence-electron chi connectivity index (χ1n) is 20.6. The van der Waals surface area contributed by atoms with Crippen LogP contribution < -0.4 is 0 Å². The van der Waals surface area contributed by atoms with Gasteiger partial charge >= 0.3 is 0 Å². The molecule has 0 rings (SSSR count). The Morgan fingerprint density at radius 3 is 0.311 bits per heavy atom. The minimum absolute atomic E-state index is 0. The molecule has 0 bridgehead atoms. The van der Waals surface area contributed by atoms with E-state index in [-0.39, 0.29) is 40.4 Å². The van der Waals surface area contributed by atoms with E-state index >= 15 is 0 Å².